The minimum absolute atomic E-state index is 0.531. The summed E-state index contributed by atoms with van der Waals surface area (Å²) in [6.07, 6.45) is 2.77. The van der Waals surface area contributed by atoms with Crippen LogP contribution in [-0.2, 0) is 12.2 Å². The predicted octanol–water partition coefficient (Wildman–Crippen LogP) is 5.56. The van der Waals surface area contributed by atoms with Crippen molar-refractivity contribution in [3.8, 4) is 11.5 Å². The Morgan fingerprint density at radius 1 is 1.00 bits per heavy atom. The first-order chi connectivity index (χ1) is 13.8. The Kier molecular flexibility index (Phi) is 4.68. The first-order valence-electron chi connectivity index (χ1n) is 8.85. The zero-order valence-corrected chi connectivity index (χ0v) is 16.5. The van der Waals surface area contributed by atoms with Crippen molar-refractivity contribution in [1.29, 1.82) is 0 Å². The highest BCUT2D eigenvalue weighted by atomic mass is 32.2. The van der Waals surface area contributed by atoms with E-state index in [9.17, 15) is 0 Å². The molecule has 7 heteroatoms. The third-order valence-electron chi connectivity index (χ3n) is 4.37. The van der Waals surface area contributed by atoms with Gasteiger partial charge in [-0.25, -0.2) is 4.98 Å². The summed E-state index contributed by atoms with van der Waals surface area (Å²) in [6, 6.07) is 18.5. The summed E-state index contributed by atoms with van der Waals surface area (Å²) in [4.78, 5) is 7.95. The van der Waals surface area contributed by atoms with E-state index >= 15 is 0 Å². The monoisotopic (exact) mass is 404 g/mol. The van der Waals surface area contributed by atoms with E-state index in [1.165, 1.54) is 17.3 Å². The Balaban J connectivity index is 1.26. The molecule has 0 radical (unpaired) electrons. The molecule has 0 saturated carbocycles. The molecule has 0 bridgehead atoms. The molecule has 0 unspecified atom stereocenters. The molecule has 0 spiro atoms. The van der Waals surface area contributed by atoms with Crippen LogP contribution in [0.4, 0.5) is 0 Å². The fourth-order valence-corrected chi connectivity index (χ4v) is 4.62. The molecule has 0 aliphatic rings. The Morgan fingerprint density at radius 2 is 1.86 bits per heavy atom. The third-order valence-corrected chi connectivity index (χ3v) is 6.12. The highest BCUT2D eigenvalue weighted by Crippen LogP contribution is 2.30. The lowest BCUT2D eigenvalue weighted by atomic mass is 10.2. The van der Waals surface area contributed by atoms with Crippen LogP contribution in [0.15, 0.2) is 75.8 Å². The molecule has 1 N–H and O–H groups in total. The van der Waals surface area contributed by atoms with Gasteiger partial charge in [0.25, 0.3) is 11.1 Å². The van der Waals surface area contributed by atoms with Crippen LogP contribution in [0.2, 0.25) is 0 Å². The largest absolute Gasteiger partial charge is 0.411 e. The van der Waals surface area contributed by atoms with Gasteiger partial charge < -0.3 is 9.40 Å². The van der Waals surface area contributed by atoms with Gasteiger partial charge in [0.05, 0.1) is 16.3 Å². The Hall–Kier alpha value is -2.90. The average molecular weight is 405 g/mol. The summed E-state index contributed by atoms with van der Waals surface area (Å²) < 4.78 is 5.86. The van der Waals surface area contributed by atoms with Crippen LogP contribution in [0.3, 0.4) is 0 Å². The second-order valence-corrected chi connectivity index (χ2v) is 8.17. The Morgan fingerprint density at radius 3 is 2.79 bits per heavy atom. The summed E-state index contributed by atoms with van der Waals surface area (Å²) in [6.45, 7) is 0. The highest BCUT2D eigenvalue weighted by Gasteiger charge is 2.14. The van der Waals surface area contributed by atoms with E-state index in [1.807, 2.05) is 36.5 Å². The van der Waals surface area contributed by atoms with Crippen molar-refractivity contribution in [1.82, 2.24) is 20.2 Å². The molecule has 5 nitrogen and oxygen atoms in total. The molecule has 0 atom stereocenters. The molecule has 28 heavy (non-hydrogen) atoms. The molecular formula is C21H16N4OS2. The Bertz CT molecular complexity index is 1210. The van der Waals surface area contributed by atoms with Crippen LogP contribution in [0.25, 0.3) is 22.4 Å². The second-order valence-electron chi connectivity index (χ2n) is 6.30. The first kappa shape index (κ1) is 17.2. The van der Waals surface area contributed by atoms with Crippen molar-refractivity contribution in [2.75, 3.05) is 0 Å². The number of aromatic amines is 1. The first-order valence-corrected chi connectivity index (χ1v) is 10.7. The number of nitrogens with zero attached hydrogens (tertiary/aromatic N) is 3. The van der Waals surface area contributed by atoms with Crippen molar-refractivity contribution in [3.63, 3.8) is 0 Å². The molecule has 0 saturated heterocycles. The van der Waals surface area contributed by atoms with Gasteiger partial charge in [-0.3, -0.25) is 0 Å². The molecule has 0 aliphatic heterocycles. The van der Waals surface area contributed by atoms with Crippen LogP contribution < -0.4 is 0 Å². The molecule has 5 rings (SSSR count). The number of hydrogen-bond acceptors (Lipinski definition) is 6. The van der Waals surface area contributed by atoms with Crippen molar-refractivity contribution in [2.24, 2.45) is 0 Å². The fraction of sp³-hybridized carbons (Fsp3) is 0.0952. The van der Waals surface area contributed by atoms with Crippen molar-refractivity contribution >= 4 is 34.0 Å². The molecule has 3 aromatic heterocycles. The number of hydrogen-bond donors (Lipinski definition) is 1. The van der Waals surface area contributed by atoms with Gasteiger partial charge in [0.1, 0.15) is 0 Å². The summed E-state index contributed by atoms with van der Waals surface area (Å²) in [5.74, 6) is 1.24. The maximum Gasteiger partial charge on any atom is 0.277 e. The molecule has 0 aliphatic carbocycles. The predicted molar refractivity (Wildman–Crippen MR) is 113 cm³/mol. The number of fused-ring (bicyclic) bond motifs is 1. The second kappa shape index (κ2) is 7.61. The molecule has 5 aromatic rings. The van der Waals surface area contributed by atoms with E-state index in [2.05, 4.69) is 44.8 Å². The van der Waals surface area contributed by atoms with E-state index in [0.717, 1.165) is 33.6 Å². The third kappa shape index (κ3) is 3.58. The molecule has 0 fully saturated rings. The van der Waals surface area contributed by atoms with E-state index in [0.29, 0.717) is 16.9 Å². The van der Waals surface area contributed by atoms with Crippen LogP contribution >= 0.6 is 23.1 Å². The maximum atomic E-state index is 5.86. The zero-order valence-electron chi connectivity index (χ0n) is 14.8. The summed E-state index contributed by atoms with van der Waals surface area (Å²) >= 11 is 3.20. The fourth-order valence-electron chi connectivity index (χ4n) is 3.03. The molecule has 0 amide bonds. The minimum Gasteiger partial charge on any atom is -0.411 e. The molecule has 3 heterocycles. The lowest BCUT2D eigenvalue weighted by Gasteiger charge is -1.96. The zero-order chi connectivity index (χ0) is 18.8. The van der Waals surface area contributed by atoms with Crippen LogP contribution in [0.1, 0.15) is 16.3 Å². The van der Waals surface area contributed by atoms with Crippen LogP contribution in [0.5, 0.6) is 0 Å². The quantitative estimate of drug-likeness (QED) is 0.375. The van der Waals surface area contributed by atoms with Gasteiger partial charge in [0.15, 0.2) is 0 Å². The number of rotatable bonds is 6. The maximum absolute atomic E-state index is 5.86. The number of para-hydroxylation sites is 1. The molecule has 138 valence electrons. The normalized spacial score (nSPS) is 11.3. The van der Waals surface area contributed by atoms with E-state index in [1.54, 1.807) is 11.3 Å². The van der Waals surface area contributed by atoms with Gasteiger partial charge in [0.2, 0.25) is 0 Å². The average Bonchev–Trinajstić information content (AvgIpc) is 3.46. The summed E-state index contributed by atoms with van der Waals surface area (Å²) in [5, 5.41) is 13.2. The van der Waals surface area contributed by atoms with Crippen LogP contribution in [0, 0.1) is 0 Å². The van der Waals surface area contributed by atoms with Crippen molar-refractivity contribution in [3.05, 3.63) is 82.4 Å². The summed E-state index contributed by atoms with van der Waals surface area (Å²) in [7, 11) is 0. The Labute approximate surface area is 169 Å². The number of nitrogens with one attached hydrogen (secondary N) is 1. The van der Waals surface area contributed by atoms with Gasteiger partial charge in [-0.05, 0) is 11.6 Å². The number of H-pyrrole nitrogens is 1. The van der Waals surface area contributed by atoms with Gasteiger partial charge in [-0.15, -0.1) is 21.5 Å². The highest BCUT2D eigenvalue weighted by molar-refractivity contribution is 7.98. The minimum atomic E-state index is 0.531. The number of thiazole rings is 1. The van der Waals surface area contributed by atoms with E-state index in [4.69, 9.17) is 9.40 Å². The number of thioether (sulfide) groups is 1. The molecular weight excluding hydrogens is 388 g/mol. The van der Waals surface area contributed by atoms with Crippen molar-refractivity contribution < 1.29 is 4.42 Å². The molecule has 2 aromatic carbocycles. The number of aromatic nitrogens is 4. The lowest BCUT2D eigenvalue weighted by molar-refractivity contribution is 0.466. The van der Waals surface area contributed by atoms with Gasteiger partial charge in [0, 0.05) is 34.7 Å². The lowest BCUT2D eigenvalue weighted by Crippen LogP contribution is -1.88. The summed E-state index contributed by atoms with van der Waals surface area (Å²) in [5.41, 5.74) is 4.29. The smallest absolute Gasteiger partial charge is 0.277 e. The topological polar surface area (TPSA) is 67.6 Å². The van der Waals surface area contributed by atoms with E-state index < -0.39 is 0 Å². The SMILES string of the molecule is c1ccc(Cc2nc(CSc3nnc(-c4c[nH]c5ccccc45)o3)cs2)cc1. The van der Waals surface area contributed by atoms with Crippen molar-refractivity contribution in [2.45, 2.75) is 17.4 Å². The number of benzene rings is 2. The van der Waals surface area contributed by atoms with Gasteiger partial charge in [-0.2, -0.15) is 0 Å². The van der Waals surface area contributed by atoms with E-state index in [-0.39, 0.29) is 0 Å². The van der Waals surface area contributed by atoms with Crippen LogP contribution in [-0.4, -0.2) is 20.2 Å². The van der Waals surface area contributed by atoms with Gasteiger partial charge >= 0.3 is 0 Å². The standard InChI is InChI=1S/C21H16N4OS2/c1-2-6-14(7-3-1)10-19-23-15(12-27-19)13-28-21-25-24-20(26-21)17-11-22-18-9-5-4-8-16(17)18/h1-9,11-12,22H,10,13H2. The van der Waals surface area contributed by atoms with Gasteiger partial charge in [-0.1, -0.05) is 60.3 Å².